The maximum absolute atomic E-state index is 12.9. The van der Waals surface area contributed by atoms with Crippen LogP contribution in [0.4, 0.5) is 9.18 Å². The SMILES string of the molecule is O=C(CSc1ccc(F)cc1)NCCN1C(=O)SC(=Cc2ccccc2)C1=O. The van der Waals surface area contributed by atoms with Crippen molar-refractivity contribution in [2.24, 2.45) is 0 Å². The standard InChI is InChI=1S/C20H17FN2O3S2/c21-15-6-8-16(9-7-15)27-13-18(24)22-10-11-23-19(25)17(28-20(23)26)12-14-4-2-1-3-5-14/h1-9,12H,10-11,13H2,(H,22,24). The molecule has 0 saturated carbocycles. The number of nitrogens with one attached hydrogen (secondary N) is 1. The number of carbonyl (C=O) groups excluding carboxylic acids is 3. The molecule has 8 heteroatoms. The molecule has 0 atom stereocenters. The number of carbonyl (C=O) groups is 3. The molecule has 3 rings (SSSR count). The van der Waals surface area contributed by atoms with Crippen molar-refractivity contribution < 1.29 is 18.8 Å². The Morgan fingerprint density at radius 2 is 1.82 bits per heavy atom. The van der Waals surface area contributed by atoms with Gasteiger partial charge in [-0.2, -0.15) is 0 Å². The molecule has 1 heterocycles. The van der Waals surface area contributed by atoms with Gasteiger partial charge in [-0.25, -0.2) is 4.39 Å². The number of nitrogens with zero attached hydrogens (tertiary/aromatic N) is 1. The van der Waals surface area contributed by atoms with E-state index in [1.54, 1.807) is 18.2 Å². The van der Waals surface area contributed by atoms with Crippen LogP contribution in [0.25, 0.3) is 6.08 Å². The third kappa shape index (κ3) is 5.46. The van der Waals surface area contributed by atoms with Crippen molar-refractivity contribution in [2.45, 2.75) is 4.90 Å². The Bertz CT molecular complexity index is 901. The highest BCUT2D eigenvalue weighted by Gasteiger charge is 2.34. The lowest BCUT2D eigenvalue weighted by molar-refractivity contribution is -0.123. The van der Waals surface area contributed by atoms with Crippen molar-refractivity contribution in [3.8, 4) is 0 Å². The number of hydrogen-bond acceptors (Lipinski definition) is 5. The van der Waals surface area contributed by atoms with Crippen LogP contribution in [0.2, 0.25) is 0 Å². The Balaban J connectivity index is 1.46. The molecule has 0 spiro atoms. The first-order valence-electron chi connectivity index (χ1n) is 8.48. The normalized spacial score (nSPS) is 15.3. The first-order valence-corrected chi connectivity index (χ1v) is 10.3. The number of hydrogen-bond donors (Lipinski definition) is 1. The molecule has 0 unspecified atom stereocenters. The number of benzene rings is 2. The van der Waals surface area contributed by atoms with E-state index in [4.69, 9.17) is 0 Å². The van der Waals surface area contributed by atoms with Gasteiger partial charge in [-0.3, -0.25) is 19.3 Å². The molecule has 5 nitrogen and oxygen atoms in total. The zero-order valence-corrected chi connectivity index (χ0v) is 16.4. The van der Waals surface area contributed by atoms with E-state index in [0.717, 1.165) is 27.1 Å². The van der Waals surface area contributed by atoms with Crippen molar-refractivity contribution >= 4 is 46.7 Å². The minimum atomic E-state index is -0.353. The molecule has 1 aliphatic rings. The number of imide groups is 1. The second kappa shape index (κ2) is 9.57. The third-order valence-electron chi connectivity index (χ3n) is 3.81. The van der Waals surface area contributed by atoms with Gasteiger partial charge in [-0.15, -0.1) is 11.8 Å². The summed E-state index contributed by atoms with van der Waals surface area (Å²) in [6.45, 7) is 0.295. The van der Waals surface area contributed by atoms with Crippen LogP contribution >= 0.6 is 23.5 Å². The number of halogens is 1. The summed E-state index contributed by atoms with van der Waals surface area (Å²) in [5, 5.41) is 2.34. The van der Waals surface area contributed by atoms with Crippen LogP contribution < -0.4 is 5.32 Å². The molecule has 0 aliphatic carbocycles. The summed E-state index contributed by atoms with van der Waals surface area (Å²) in [5.74, 6) is -0.733. The monoisotopic (exact) mass is 416 g/mol. The Labute approximate surface area is 170 Å². The largest absolute Gasteiger partial charge is 0.354 e. The van der Waals surface area contributed by atoms with Crippen molar-refractivity contribution in [1.29, 1.82) is 0 Å². The van der Waals surface area contributed by atoms with E-state index < -0.39 is 0 Å². The van der Waals surface area contributed by atoms with Crippen molar-refractivity contribution in [2.75, 3.05) is 18.8 Å². The zero-order chi connectivity index (χ0) is 19.9. The van der Waals surface area contributed by atoms with Gasteiger partial charge in [-0.05, 0) is 47.7 Å². The summed E-state index contributed by atoms with van der Waals surface area (Å²) in [6.07, 6.45) is 1.68. The van der Waals surface area contributed by atoms with E-state index in [1.165, 1.54) is 23.9 Å². The van der Waals surface area contributed by atoms with E-state index in [2.05, 4.69) is 5.32 Å². The molecule has 2 aromatic carbocycles. The average molecular weight is 416 g/mol. The van der Waals surface area contributed by atoms with Crippen molar-refractivity contribution in [3.63, 3.8) is 0 Å². The number of thioether (sulfide) groups is 2. The minimum absolute atomic E-state index is 0.115. The third-order valence-corrected chi connectivity index (χ3v) is 5.73. The van der Waals surface area contributed by atoms with Gasteiger partial charge in [0.25, 0.3) is 11.1 Å². The van der Waals surface area contributed by atoms with Gasteiger partial charge in [0.1, 0.15) is 5.82 Å². The molecule has 28 heavy (non-hydrogen) atoms. The number of amides is 3. The molecule has 144 valence electrons. The summed E-state index contributed by atoms with van der Waals surface area (Å²) >= 11 is 2.18. The molecule has 2 aromatic rings. The van der Waals surface area contributed by atoms with Crippen molar-refractivity contribution in [1.82, 2.24) is 10.2 Å². The molecule has 3 amide bonds. The lowest BCUT2D eigenvalue weighted by atomic mass is 10.2. The average Bonchev–Trinajstić information content (AvgIpc) is 2.95. The van der Waals surface area contributed by atoms with E-state index in [-0.39, 0.29) is 41.7 Å². The second-order valence-corrected chi connectivity index (χ2v) is 7.88. The molecule has 0 radical (unpaired) electrons. The predicted molar refractivity (Wildman–Crippen MR) is 109 cm³/mol. The molecular weight excluding hydrogens is 399 g/mol. The van der Waals surface area contributed by atoms with Gasteiger partial charge >= 0.3 is 0 Å². The maximum Gasteiger partial charge on any atom is 0.293 e. The van der Waals surface area contributed by atoms with Gasteiger partial charge in [0.2, 0.25) is 5.91 Å². The molecular formula is C20H17FN2O3S2. The first kappa shape index (κ1) is 20.2. The van der Waals surface area contributed by atoms with Gasteiger partial charge in [0.15, 0.2) is 0 Å². The van der Waals surface area contributed by atoms with Crippen LogP contribution in [0.15, 0.2) is 64.4 Å². The minimum Gasteiger partial charge on any atom is -0.354 e. The maximum atomic E-state index is 12.9. The summed E-state index contributed by atoms with van der Waals surface area (Å²) in [4.78, 5) is 38.7. The molecule has 1 fully saturated rings. The fourth-order valence-electron chi connectivity index (χ4n) is 2.43. The molecule has 1 saturated heterocycles. The fraction of sp³-hybridized carbons (Fsp3) is 0.150. The highest BCUT2D eigenvalue weighted by Crippen LogP contribution is 2.31. The Morgan fingerprint density at radius 3 is 2.54 bits per heavy atom. The first-order chi connectivity index (χ1) is 13.5. The molecule has 1 N–H and O–H groups in total. The van der Waals surface area contributed by atoms with E-state index in [1.807, 2.05) is 30.3 Å². The molecule has 1 aliphatic heterocycles. The van der Waals surface area contributed by atoms with Crippen LogP contribution in [-0.2, 0) is 9.59 Å². The van der Waals surface area contributed by atoms with Gasteiger partial charge in [0.05, 0.1) is 10.7 Å². The molecule has 0 bridgehead atoms. The lowest BCUT2D eigenvalue weighted by Crippen LogP contribution is -2.37. The predicted octanol–water partition coefficient (Wildman–Crippen LogP) is 3.77. The quantitative estimate of drug-likeness (QED) is 0.550. The van der Waals surface area contributed by atoms with Crippen LogP contribution in [0.1, 0.15) is 5.56 Å². The second-order valence-electron chi connectivity index (χ2n) is 5.84. The molecule has 0 aromatic heterocycles. The highest BCUT2D eigenvalue weighted by atomic mass is 32.2. The highest BCUT2D eigenvalue weighted by molar-refractivity contribution is 8.18. The smallest absolute Gasteiger partial charge is 0.293 e. The van der Waals surface area contributed by atoms with Crippen LogP contribution in [-0.4, -0.2) is 40.8 Å². The topological polar surface area (TPSA) is 66.5 Å². The summed E-state index contributed by atoms with van der Waals surface area (Å²) < 4.78 is 12.9. The van der Waals surface area contributed by atoms with Crippen LogP contribution in [0.5, 0.6) is 0 Å². The van der Waals surface area contributed by atoms with Crippen LogP contribution in [0.3, 0.4) is 0 Å². The summed E-state index contributed by atoms with van der Waals surface area (Å²) in [5.41, 5.74) is 0.846. The van der Waals surface area contributed by atoms with Gasteiger partial charge < -0.3 is 5.32 Å². The summed E-state index contributed by atoms with van der Waals surface area (Å²) in [7, 11) is 0. The Hall–Kier alpha value is -2.58. The van der Waals surface area contributed by atoms with Crippen molar-refractivity contribution in [3.05, 3.63) is 70.9 Å². The fourth-order valence-corrected chi connectivity index (χ4v) is 4.02. The van der Waals surface area contributed by atoms with Gasteiger partial charge in [-0.1, -0.05) is 30.3 Å². The van der Waals surface area contributed by atoms with E-state index in [0.29, 0.717) is 4.91 Å². The van der Waals surface area contributed by atoms with E-state index >= 15 is 0 Å². The van der Waals surface area contributed by atoms with Gasteiger partial charge in [0, 0.05) is 18.0 Å². The zero-order valence-electron chi connectivity index (χ0n) is 14.8. The number of rotatable bonds is 7. The van der Waals surface area contributed by atoms with E-state index in [9.17, 15) is 18.8 Å². The summed E-state index contributed by atoms with van der Waals surface area (Å²) in [6, 6.07) is 15.2. The Morgan fingerprint density at radius 1 is 1.11 bits per heavy atom. The Kier molecular flexibility index (Phi) is 6.89. The lowest BCUT2D eigenvalue weighted by Gasteiger charge is -2.13. The van der Waals surface area contributed by atoms with Crippen LogP contribution in [0, 0.1) is 5.82 Å².